The third kappa shape index (κ3) is 4.80. The number of nitrogens with zero attached hydrogens (tertiary/aromatic N) is 1. The summed E-state index contributed by atoms with van der Waals surface area (Å²) in [7, 11) is 0. The van der Waals surface area contributed by atoms with Gasteiger partial charge in [0.15, 0.2) is 0 Å². The second-order valence-electron chi connectivity index (χ2n) is 8.24. The number of aldehydes is 2. The Morgan fingerprint density at radius 3 is 1.03 bits per heavy atom. The van der Waals surface area contributed by atoms with Crippen LogP contribution in [0, 0.1) is 0 Å². The molecule has 0 N–H and O–H groups in total. The molecule has 0 amide bonds. The number of hydrogen-bond donors (Lipinski definition) is 0. The van der Waals surface area contributed by atoms with Gasteiger partial charge in [0.05, 0.1) is 0 Å². The highest BCUT2D eigenvalue weighted by atomic mass is 16.1. The molecule has 0 spiro atoms. The SMILES string of the molecule is O=Cc1ccc(-c2ccc(N(c3ccccc3)c3ccc(-c4ccc(C=O)cc4)cc3)cc2)cc1. The van der Waals surface area contributed by atoms with Gasteiger partial charge in [0.1, 0.15) is 12.6 Å². The summed E-state index contributed by atoms with van der Waals surface area (Å²) in [5.41, 5.74) is 8.82. The molecule has 3 heteroatoms. The van der Waals surface area contributed by atoms with Crippen molar-refractivity contribution in [3.63, 3.8) is 0 Å². The number of carbonyl (C=O) groups is 2. The molecule has 0 radical (unpaired) electrons. The Morgan fingerprint density at radius 1 is 0.371 bits per heavy atom. The summed E-state index contributed by atoms with van der Waals surface area (Å²) in [6, 6.07) is 42.3. The smallest absolute Gasteiger partial charge is 0.150 e. The Bertz CT molecular complexity index is 1330. The van der Waals surface area contributed by atoms with Crippen molar-refractivity contribution < 1.29 is 9.59 Å². The third-order valence-electron chi connectivity index (χ3n) is 6.03. The zero-order valence-corrected chi connectivity index (χ0v) is 19.0. The molecule has 35 heavy (non-hydrogen) atoms. The van der Waals surface area contributed by atoms with Crippen molar-refractivity contribution in [2.75, 3.05) is 4.90 Å². The van der Waals surface area contributed by atoms with Gasteiger partial charge in [-0.3, -0.25) is 9.59 Å². The van der Waals surface area contributed by atoms with E-state index in [1.165, 1.54) is 0 Å². The molecular weight excluding hydrogens is 430 g/mol. The van der Waals surface area contributed by atoms with Crippen LogP contribution >= 0.6 is 0 Å². The van der Waals surface area contributed by atoms with Gasteiger partial charge >= 0.3 is 0 Å². The van der Waals surface area contributed by atoms with E-state index < -0.39 is 0 Å². The number of hydrogen-bond acceptors (Lipinski definition) is 3. The maximum absolute atomic E-state index is 11.0. The van der Waals surface area contributed by atoms with Gasteiger partial charge in [0.2, 0.25) is 0 Å². The summed E-state index contributed by atoms with van der Waals surface area (Å²) >= 11 is 0. The van der Waals surface area contributed by atoms with Crippen LogP contribution in [0.15, 0.2) is 127 Å². The van der Waals surface area contributed by atoms with Crippen LogP contribution in [0.4, 0.5) is 17.1 Å². The Balaban J connectivity index is 1.48. The predicted octanol–water partition coefficient (Wildman–Crippen LogP) is 8.12. The first kappa shape index (κ1) is 22.1. The highest BCUT2D eigenvalue weighted by Crippen LogP contribution is 2.36. The van der Waals surface area contributed by atoms with Crippen LogP contribution in [-0.4, -0.2) is 12.6 Å². The van der Waals surface area contributed by atoms with E-state index in [1.807, 2.05) is 66.7 Å². The molecule has 0 aliphatic carbocycles. The van der Waals surface area contributed by atoms with E-state index in [9.17, 15) is 9.59 Å². The molecule has 0 bridgehead atoms. The lowest BCUT2D eigenvalue weighted by atomic mass is 10.0. The lowest BCUT2D eigenvalue weighted by Crippen LogP contribution is -2.09. The highest BCUT2D eigenvalue weighted by Gasteiger charge is 2.13. The molecule has 0 aliphatic heterocycles. The Kier molecular flexibility index (Phi) is 6.31. The van der Waals surface area contributed by atoms with Crippen LogP contribution in [0.3, 0.4) is 0 Å². The van der Waals surface area contributed by atoms with Crippen molar-refractivity contribution in [3.8, 4) is 22.3 Å². The van der Waals surface area contributed by atoms with E-state index in [0.717, 1.165) is 51.9 Å². The highest BCUT2D eigenvalue weighted by molar-refractivity contribution is 5.81. The summed E-state index contributed by atoms with van der Waals surface area (Å²) in [6.45, 7) is 0. The molecule has 0 atom stereocenters. The van der Waals surface area contributed by atoms with Crippen LogP contribution in [0.1, 0.15) is 20.7 Å². The van der Waals surface area contributed by atoms with Gasteiger partial charge in [-0.1, -0.05) is 91.0 Å². The lowest BCUT2D eigenvalue weighted by Gasteiger charge is -2.26. The van der Waals surface area contributed by atoms with E-state index >= 15 is 0 Å². The van der Waals surface area contributed by atoms with Crippen molar-refractivity contribution >= 4 is 29.6 Å². The van der Waals surface area contributed by atoms with Gasteiger partial charge in [0.25, 0.3) is 0 Å². The summed E-state index contributed by atoms with van der Waals surface area (Å²) in [4.78, 5) is 24.1. The predicted molar refractivity (Wildman–Crippen MR) is 143 cm³/mol. The van der Waals surface area contributed by atoms with Crippen molar-refractivity contribution in [1.29, 1.82) is 0 Å². The molecule has 5 rings (SSSR count). The molecule has 0 unspecified atom stereocenters. The Labute approximate surface area is 204 Å². The normalized spacial score (nSPS) is 10.5. The zero-order valence-electron chi connectivity index (χ0n) is 19.0. The van der Waals surface area contributed by atoms with Crippen molar-refractivity contribution in [3.05, 3.63) is 139 Å². The molecule has 0 saturated heterocycles. The third-order valence-corrected chi connectivity index (χ3v) is 6.03. The molecule has 0 saturated carbocycles. The van der Waals surface area contributed by atoms with Gasteiger partial charge in [-0.15, -0.1) is 0 Å². The molecule has 5 aromatic rings. The second-order valence-corrected chi connectivity index (χ2v) is 8.24. The first-order valence-electron chi connectivity index (χ1n) is 11.4. The van der Waals surface area contributed by atoms with Crippen LogP contribution < -0.4 is 4.90 Å². The van der Waals surface area contributed by atoms with E-state index in [-0.39, 0.29) is 0 Å². The minimum Gasteiger partial charge on any atom is -0.311 e. The summed E-state index contributed by atoms with van der Waals surface area (Å²) in [5, 5.41) is 0. The number of benzene rings is 5. The Morgan fingerprint density at radius 2 is 0.686 bits per heavy atom. The fourth-order valence-corrected chi connectivity index (χ4v) is 4.14. The molecular formula is C32H23NO2. The van der Waals surface area contributed by atoms with E-state index in [2.05, 4.69) is 65.6 Å². The lowest BCUT2D eigenvalue weighted by molar-refractivity contribution is 0.111. The number of carbonyl (C=O) groups excluding carboxylic acids is 2. The second kappa shape index (κ2) is 10.0. The van der Waals surface area contributed by atoms with Gasteiger partial charge in [-0.2, -0.15) is 0 Å². The number of rotatable bonds is 7. The zero-order chi connectivity index (χ0) is 24.0. The van der Waals surface area contributed by atoms with Crippen molar-refractivity contribution in [1.82, 2.24) is 0 Å². The molecule has 0 aromatic heterocycles. The van der Waals surface area contributed by atoms with Crippen molar-refractivity contribution in [2.24, 2.45) is 0 Å². The maximum Gasteiger partial charge on any atom is 0.150 e. The summed E-state index contributed by atoms with van der Waals surface area (Å²) in [5.74, 6) is 0. The van der Waals surface area contributed by atoms with Gasteiger partial charge in [-0.05, 0) is 58.7 Å². The minimum atomic E-state index is 0.670. The average Bonchev–Trinajstić information content (AvgIpc) is 2.95. The fraction of sp³-hybridized carbons (Fsp3) is 0. The first-order chi connectivity index (χ1) is 17.2. The fourth-order valence-electron chi connectivity index (χ4n) is 4.14. The summed E-state index contributed by atoms with van der Waals surface area (Å²) in [6.07, 6.45) is 1.71. The van der Waals surface area contributed by atoms with Gasteiger partial charge < -0.3 is 4.90 Å². The molecule has 0 aliphatic rings. The standard InChI is InChI=1S/C32H23NO2/c34-22-24-6-10-26(11-7-24)28-14-18-31(19-15-28)33(30-4-2-1-3-5-30)32-20-16-29(17-21-32)27-12-8-25(23-35)9-13-27/h1-23H. The monoisotopic (exact) mass is 453 g/mol. The van der Waals surface area contributed by atoms with Gasteiger partial charge in [0, 0.05) is 28.2 Å². The number of anilines is 3. The molecule has 0 heterocycles. The van der Waals surface area contributed by atoms with Gasteiger partial charge in [-0.25, -0.2) is 0 Å². The molecule has 5 aromatic carbocycles. The van der Waals surface area contributed by atoms with Crippen LogP contribution in [0.25, 0.3) is 22.3 Å². The maximum atomic E-state index is 11.0. The molecule has 0 fully saturated rings. The van der Waals surface area contributed by atoms with Crippen molar-refractivity contribution in [2.45, 2.75) is 0 Å². The number of para-hydroxylation sites is 1. The average molecular weight is 454 g/mol. The van der Waals surface area contributed by atoms with E-state index in [1.54, 1.807) is 0 Å². The van der Waals surface area contributed by atoms with Crippen LogP contribution in [-0.2, 0) is 0 Å². The largest absolute Gasteiger partial charge is 0.311 e. The topological polar surface area (TPSA) is 37.4 Å². The first-order valence-corrected chi connectivity index (χ1v) is 11.4. The molecule has 168 valence electrons. The van der Waals surface area contributed by atoms with E-state index in [0.29, 0.717) is 11.1 Å². The van der Waals surface area contributed by atoms with E-state index in [4.69, 9.17) is 0 Å². The Hall–Kier alpha value is -4.76. The van der Waals surface area contributed by atoms with Crippen LogP contribution in [0.2, 0.25) is 0 Å². The quantitative estimate of drug-likeness (QED) is 0.234. The van der Waals surface area contributed by atoms with Crippen LogP contribution in [0.5, 0.6) is 0 Å². The minimum absolute atomic E-state index is 0.670. The summed E-state index contributed by atoms with van der Waals surface area (Å²) < 4.78 is 0. The molecule has 3 nitrogen and oxygen atoms in total.